The number of carbonyl (C=O) groups is 2. The van der Waals surface area contributed by atoms with E-state index in [0.29, 0.717) is 0 Å². The van der Waals surface area contributed by atoms with Crippen molar-refractivity contribution in [2.45, 2.75) is 12.6 Å². The zero-order chi connectivity index (χ0) is 20.4. The number of morpholine rings is 1. The van der Waals surface area contributed by atoms with Gasteiger partial charge in [0.1, 0.15) is 0 Å². The lowest BCUT2D eigenvalue weighted by atomic mass is 10.1. The number of nitrogens with zero attached hydrogens (tertiary/aromatic N) is 1. The highest BCUT2D eigenvalue weighted by Crippen LogP contribution is 2.14. The van der Waals surface area contributed by atoms with Crippen LogP contribution in [0.2, 0.25) is 5.02 Å². The van der Waals surface area contributed by atoms with Crippen LogP contribution in [0.25, 0.3) is 6.08 Å². The molecule has 0 amide bonds. The van der Waals surface area contributed by atoms with Crippen molar-refractivity contribution in [1.29, 1.82) is 0 Å². The molecule has 2 aromatic rings. The van der Waals surface area contributed by atoms with E-state index < -0.39 is 11.9 Å². The predicted molar refractivity (Wildman–Crippen MR) is 107 cm³/mol. The highest BCUT2D eigenvalue weighted by atomic mass is 35.5. The molecule has 0 saturated carbocycles. The maximum absolute atomic E-state index is 9.10. The Kier molecular flexibility index (Phi) is 8.68. The van der Waals surface area contributed by atoms with Crippen LogP contribution < -0.4 is 0 Å². The fourth-order valence-corrected chi connectivity index (χ4v) is 2.75. The van der Waals surface area contributed by atoms with Gasteiger partial charge in [0.15, 0.2) is 0 Å². The molecule has 148 valence electrons. The topological polar surface area (TPSA) is 87.1 Å². The summed E-state index contributed by atoms with van der Waals surface area (Å²) >= 11 is 5.90. The van der Waals surface area contributed by atoms with Crippen molar-refractivity contribution in [2.75, 3.05) is 19.7 Å². The fourth-order valence-electron chi connectivity index (χ4n) is 2.63. The molecule has 2 N–H and O–H groups in total. The zero-order valence-electron chi connectivity index (χ0n) is 15.2. The van der Waals surface area contributed by atoms with Gasteiger partial charge >= 0.3 is 11.9 Å². The number of benzene rings is 2. The van der Waals surface area contributed by atoms with Crippen molar-refractivity contribution in [1.82, 2.24) is 4.90 Å². The normalized spacial score (nSPS) is 17.0. The molecule has 1 unspecified atom stereocenters. The van der Waals surface area contributed by atoms with Crippen LogP contribution in [0.4, 0.5) is 0 Å². The molecule has 0 aromatic heterocycles. The molecule has 1 atom stereocenters. The first-order valence-electron chi connectivity index (χ1n) is 8.72. The van der Waals surface area contributed by atoms with Crippen LogP contribution in [0.15, 0.2) is 60.7 Å². The third-order valence-electron chi connectivity index (χ3n) is 3.98. The summed E-state index contributed by atoms with van der Waals surface area (Å²) in [7, 11) is 0. The van der Waals surface area contributed by atoms with Gasteiger partial charge in [0, 0.05) is 24.7 Å². The highest BCUT2D eigenvalue weighted by Gasteiger charge is 2.18. The van der Waals surface area contributed by atoms with E-state index in [1.54, 1.807) is 0 Å². The van der Waals surface area contributed by atoms with Crippen molar-refractivity contribution in [3.05, 3.63) is 76.8 Å². The van der Waals surface area contributed by atoms with E-state index >= 15 is 0 Å². The number of carboxylic acids is 2. The summed E-state index contributed by atoms with van der Waals surface area (Å²) in [6.07, 6.45) is 4.39. The van der Waals surface area contributed by atoms with Gasteiger partial charge in [-0.05, 0) is 23.3 Å². The van der Waals surface area contributed by atoms with Gasteiger partial charge in [-0.15, -0.1) is 0 Å². The molecular weight excluding hydrogens is 382 g/mol. The second-order valence-corrected chi connectivity index (χ2v) is 6.59. The lowest BCUT2D eigenvalue weighted by Crippen LogP contribution is -2.41. The van der Waals surface area contributed by atoms with Crippen LogP contribution in [0.1, 0.15) is 11.1 Å². The molecule has 1 aliphatic rings. The van der Waals surface area contributed by atoms with Crippen LogP contribution >= 0.6 is 11.6 Å². The van der Waals surface area contributed by atoms with Crippen molar-refractivity contribution in [3.63, 3.8) is 0 Å². The van der Waals surface area contributed by atoms with Crippen molar-refractivity contribution < 1.29 is 24.5 Å². The first kappa shape index (κ1) is 21.6. The van der Waals surface area contributed by atoms with Gasteiger partial charge in [-0.2, -0.15) is 0 Å². The van der Waals surface area contributed by atoms with E-state index in [4.69, 9.17) is 36.1 Å². The second kappa shape index (κ2) is 11.2. The van der Waals surface area contributed by atoms with E-state index in [0.717, 1.165) is 36.8 Å². The zero-order valence-corrected chi connectivity index (χ0v) is 16.0. The first-order chi connectivity index (χ1) is 13.4. The van der Waals surface area contributed by atoms with E-state index in [9.17, 15) is 0 Å². The Morgan fingerprint density at radius 3 is 2.32 bits per heavy atom. The fraction of sp³-hybridized carbons (Fsp3) is 0.238. The molecule has 0 aliphatic carbocycles. The molecule has 0 spiro atoms. The van der Waals surface area contributed by atoms with E-state index in [1.165, 1.54) is 5.56 Å². The minimum absolute atomic E-state index is 0.146. The molecule has 0 radical (unpaired) electrons. The summed E-state index contributed by atoms with van der Waals surface area (Å²) in [5, 5.41) is 15.5. The maximum Gasteiger partial charge on any atom is 0.414 e. The molecule has 1 fully saturated rings. The van der Waals surface area contributed by atoms with Gasteiger partial charge in [0.05, 0.1) is 12.7 Å². The Bertz CT molecular complexity index is 780. The van der Waals surface area contributed by atoms with Crippen LogP contribution in [-0.2, 0) is 20.9 Å². The molecule has 1 aliphatic heterocycles. The van der Waals surface area contributed by atoms with Crippen molar-refractivity contribution >= 4 is 29.6 Å². The average Bonchev–Trinajstić information content (AvgIpc) is 2.69. The Labute approximate surface area is 168 Å². The molecular formula is C21H22ClNO5. The Morgan fingerprint density at radius 2 is 1.71 bits per heavy atom. The molecule has 6 nitrogen and oxygen atoms in total. The Hall–Kier alpha value is -2.67. The number of carboxylic acid groups (broad SMARTS) is 2. The number of hydrogen-bond acceptors (Lipinski definition) is 4. The number of rotatable bonds is 4. The van der Waals surface area contributed by atoms with Gasteiger partial charge in [-0.25, -0.2) is 9.59 Å². The maximum atomic E-state index is 9.10. The van der Waals surface area contributed by atoms with Crippen molar-refractivity contribution in [2.24, 2.45) is 0 Å². The average molecular weight is 404 g/mol. The molecule has 1 heterocycles. The van der Waals surface area contributed by atoms with Crippen LogP contribution in [-0.4, -0.2) is 52.9 Å². The second-order valence-electron chi connectivity index (χ2n) is 6.15. The monoisotopic (exact) mass is 403 g/mol. The number of ether oxygens (including phenoxy) is 1. The van der Waals surface area contributed by atoms with Gasteiger partial charge in [-0.1, -0.05) is 66.2 Å². The van der Waals surface area contributed by atoms with Crippen molar-refractivity contribution in [3.8, 4) is 0 Å². The molecule has 7 heteroatoms. The number of hydrogen-bond donors (Lipinski definition) is 2. The van der Waals surface area contributed by atoms with E-state index in [1.807, 2.05) is 24.3 Å². The summed E-state index contributed by atoms with van der Waals surface area (Å²) in [6, 6.07) is 18.4. The van der Waals surface area contributed by atoms with Gasteiger partial charge in [0.25, 0.3) is 0 Å². The summed E-state index contributed by atoms with van der Waals surface area (Å²) in [5.41, 5.74) is 2.50. The lowest BCUT2D eigenvalue weighted by molar-refractivity contribution is -0.159. The highest BCUT2D eigenvalue weighted by molar-refractivity contribution is 6.30. The van der Waals surface area contributed by atoms with Gasteiger partial charge in [0.2, 0.25) is 0 Å². The Balaban J connectivity index is 0.000000409. The van der Waals surface area contributed by atoms with Crippen LogP contribution in [0.5, 0.6) is 0 Å². The van der Waals surface area contributed by atoms with Gasteiger partial charge < -0.3 is 14.9 Å². The SMILES string of the molecule is Clc1ccc(/C=C/C2CN(Cc3ccccc3)CCO2)cc1.O=C(O)C(=O)O. The molecule has 28 heavy (non-hydrogen) atoms. The summed E-state index contributed by atoms with van der Waals surface area (Å²) in [6.45, 7) is 3.68. The molecule has 0 bridgehead atoms. The minimum atomic E-state index is -1.82. The van der Waals surface area contributed by atoms with Gasteiger partial charge in [-0.3, -0.25) is 4.90 Å². The third-order valence-corrected chi connectivity index (χ3v) is 4.23. The van der Waals surface area contributed by atoms with E-state index in [-0.39, 0.29) is 6.10 Å². The van der Waals surface area contributed by atoms with Crippen LogP contribution in [0.3, 0.4) is 0 Å². The summed E-state index contributed by atoms with van der Waals surface area (Å²) in [4.78, 5) is 20.6. The number of halogens is 1. The largest absolute Gasteiger partial charge is 0.473 e. The number of aliphatic carboxylic acids is 2. The first-order valence-corrected chi connectivity index (χ1v) is 9.09. The summed E-state index contributed by atoms with van der Waals surface area (Å²) in [5.74, 6) is -3.65. The molecule has 2 aromatic carbocycles. The summed E-state index contributed by atoms with van der Waals surface area (Å²) < 4.78 is 5.84. The van der Waals surface area contributed by atoms with E-state index in [2.05, 4.69) is 47.4 Å². The molecule has 1 saturated heterocycles. The third kappa shape index (κ3) is 7.92. The smallest absolute Gasteiger partial charge is 0.414 e. The standard InChI is InChI=1S/C19H20ClNO.C2H2O4/c20-18-9-6-16(7-10-18)8-11-19-15-21(12-13-22-19)14-17-4-2-1-3-5-17;3-1(4)2(5)6/h1-11,19H,12-15H2;(H,3,4)(H,5,6)/b11-8+;. The predicted octanol–water partition coefficient (Wildman–Crippen LogP) is 3.41. The Morgan fingerprint density at radius 1 is 1.07 bits per heavy atom. The molecule has 3 rings (SSSR count). The quantitative estimate of drug-likeness (QED) is 0.761. The van der Waals surface area contributed by atoms with Crippen LogP contribution in [0, 0.1) is 0 Å². The lowest BCUT2D eigenvalue weighted by Gasteiger charge is -2.31. The minimum Gasteiger partial charge on any atom is -0.473 e.